The standard InChI is InChI=1S/C17H24N4O2/c1-13-10-18-14(2)17(19-13)21-7-6-20(15(11-21)5-8-22)12-16-4-3-9-23-16/h3-4,9-10,15,22H,5-8,11-12H2,1-2H3/t15-/m1/s1. The van der Waals surface area contributed by atoms with E-state index in [0.29, 0.717) is 0 Å². The second-order valence-corrected chi connectivity index (χ2v) is 6.08. The summed E-state index contributed by atoms with van der Waals surface area (Å²) in [6.07, 6.45) is 4.25. The lowest BCUT2D eigenvalue weighted by molar-refractivity contribution is 0.127. The van der Waals surface area contributed by atoms with Crippen molar-refractivity contribution in [3.8, 4) is 0 Å². The molecule has 0 radical (unpaired) electrons. The number of aliphatic hydroxyl groups excluding tert-OH is 1. The van der Waals surface area contributed by atoms with E-state index in [0.717, 1.165) is 55.6 Å². The van der Waals surface area contributed by atoms with Gasteiger partial charge in [0.2, 0.25) is 0 Å². The van der Waals surface area contributed by atoms with Gasteiger partial charge in [-0.05, 0) is 32.4 Å². The summed E-state index contributed by atoms with van der Waals surface area (Å²) >= 11 is 0. The molecule has 6 nitrogen and oxygen atoms in total. The Kier molecular flexibility index (Phi) is 4.93. The third-order valence-electron chi connectivity index (χ3n) is 4.36. The van der Waals surface area contributed by atoms with Crippen LogP contribution in [0.1, 0.15) is 23.6 Å². The molecule has 0 aromatic carbocycles. The fourth-order valence-electron chi connectivity index (χ4n) is 3.14. The van der Waals surface area contributed by atoms with Gasteiger partial charge in [0.1, 0.15) is 11.6 Å². The molecule has 0 amide bonds. The molecule has 0 spiro atoms. The molecular formula is C17H24N4O2. The van der Waals surface area contributed by atoms with Crippen LogP contribution in [0, 0.1) is 13.8 Å². The second-order valence-electron chi connectivity index (χ2n) is 6.08. The maximum absolute atomic E-state index is 9.42. The van der Waals surface area contributed by atoms with Gasteiger partial charge in [0.15, 0.2) is 0 Å². The summed E-state index contributed by atoms with van der Waals surface area (Å²) in [5, 5.41) is 9.42. The number of furan rings is 1. The first-order chi connectivity index (χ1) is 11.2. The van der Waals surface area contributed by atoms with Gasteiger partial charge in [0.05, 0.1) is 24.2 Å². The fraction of sp³-hybridized carbons (Fsp3) is 0.529. The van der Waals surface area contributed by atoms with E-state index >= 15 is 0 Å². The van der Waals surface area contributed by atoms with Crippen LogP contribution in [-0.4, -0.2) is 52.3 Å². The van der Waals surface area contributed by atoms with Gasteiger partial charge in [-0.2, -0.15) is 0 Å². The van der Waals surface area contributed by atoms with Crippen molar-refractivity contribution in [2.45, 2.75) is 32.9 Å². The van der Waals surface area contributed by atoms with Crippen LogP contribution >= 0.6 is 0 Å². The van der Waals surface area contributed by atoms with Gasteiger partial charge in [-0.15, -0.1) is 0 Å². The van der Waals surface area contributed by atoms with Crippen molar-refractivity contribution >= 4 is 5.82 Å². The van der Waals surface area contributed by atoms with Gasteiger partial charge in [-0.3, -0.25) is 9.88 Å². The molecule has 2 aromatic rings. The highest BCUT2D eigenvalue weighted by Crippen LogP contribution is 2.22. The number of aliphatic hydroxyl groups is 1. The lowest BCUT2D eigenvalue weighted by atomic mass is 10.1. The van der Waals surface area contributed by atoms with Crippen LogP contribution in [0.2, 0.25) is 0 Å². The number of aryl methyl sites for hydroxylation is 2. The molecule has 0 aliphatic carbocycles. The Morgan fingerprint density at radius 3 is 2.96 bits per heavy atom. The van der Waals surface area contributed by atoms with Crippen LogP contribution in [0.5, 0.6) is 0 Å². The van der Waals surface area contributed by atoms with Crippen LogP contribution in [0.15, 0.2) is 29.0 Å². The maximum atomic E-state index is 9.42. The fourth-order valence-corrected chi connectivity index (χ4v) is 3.14. The van der Waals surface area contributed by atoms with E-state index in [4.69, 9.17) is 4.42 Å². The average Bonchev–Trinajstić information content (AvgIpc) is 3.05. The summed E-state index contributed by atoms with van der Waals surface area (Å²) in [6.45, 7) is 7.60. The smallest absolute Gasteiger partial charge is 0.150 e. The Morgan fingerprint density at radius 1 is 1.35 bits per heavy atom. The normalized spacial score (nSPS) is 19.3. The molecule has 1 fully saturated rings. The topological polar surface area (TPSA) is 65.6 Å². The summed E-state index contributed by atoms with van der Waals surface area (Å²) in [5.74, 6) is 1.93. The van der Waals surface area contributed by atoms with Crippen molar-refractivity contribution in [3.05, 3.63) is 41.7 Å². The van der Waals surface area contributed by atoms with Crippen LogP contribution in [-0.2, 0) is 6.54 Å². The minimum atomic E-state index is 0.186. The van der Waals surface area contributed by atoms with Crippen molar-refractivity contribution in [2.24, 2.45) is 0 Å². The molecule has 3 heterocycles. The third kappa shape index (κ3) is 3.71. The quantitative estimate of drug-likeness (QED) is 0.907. The number of piperazine rings is 1. The molecule has 1 aliphatic heterocycles. The lowest BCUT2D eigenvalue weighted by Gasteiger charge is -2.41. The number of hydrogen-bond acceptors (Lipinski definition) is 6. The van der Waals surface area contributed by atoms with Crippen molar-refractivity contribution < 1.29 is 9.52 Å². The Morgan fingerprint density at radius 2 is 2.22 bits per heavy atom. The summed E-state index contributed by atoms with van der Waals surface area (Å²) in [5.41, 5.74) is 1.89. The number of anilines is 1. The first kappa shape index (κ1) is 16.0. The van der Waals surface area contributed by atoms with E-state index < -0.39 is 0 Å². The number of hydrogen-bond donors (Lipinski definition) is 1. The van der Waals surface area contributed by atoms with Gasteiger partial charge in [0, 0.05) is 38.5 Å². The van der Waals surface area contributed by atoms with E-state index in [-0.39, 0.29) is 12.6 Å². The summed E-state index contributed by atoms with van der Waals surface area (Å²) in [4.78, 5) is 13.7. The van der Waals surface area contributed by atoms with Gasteiger partial charge < -0.3 is 14.4 Å². The van der Waals surface area contributed by atoms with Crippen molar-refractivity contribution in [3.63, 3.8) is 0 Å². The van der Waals surface area contributed by atoms with Crippen molar-refractivity contribution in [2.75, 3.05) is 31.1 Å². The molecule has 2 aromatic heterocycles. The molecule has 3 rings (SSSR count). The van der Waals surface area contributed by atoms with Crippen LogP contribution in [0.25, 0.3) is 0 Å². The predicted octanol–water partition coefficient (Wildman–Crippen LogP) is 1.76. The highest BCUT2D eigenvalue weighted by molar-refractivity contribution is 5.44. The molecule has 0 unspecified atom stereocenters. The molecule has 6 heteroatoms. The minimum absolute atomic E-state index is 0.186. The largest absolute Gasteiger partial charge is 0.468 e. The number of rotatable bonds is 5. The van der Waals surface area contributed by atoms with E-state index in [1.807, 2.05) is 26.0 Å². The average molecular weight is 316 g/mol. The highest BCUT2D eigenvalue weighted by Gasteiger charge is 2.28. The number of nitrogens with zero attached hydrogens (tertiary/aromatic N) is 4. The van der Waals surface area contributed by atoms with Gasteiger partial charge in [-0.1, -0.05) is 0 Å². The van der Waals surface area contributed by atoms with E-state index in [1.165, 1.54) is 0 Å². The van der Waals surface area contributed by atoms with Crippen molar-refractivity contribution in [1.82, 2.24) is 14.9 Å². The molecule has 1 N–H and O–H groups in total. The van der Waals surface area contributed by atoms with Gasteiger partial charge in [-0.25, -0.2) is 4.98 Å². The monoisotopic (exact) mass is 316 g/mol. The van der Waals surface area contributed by atoms with Crippen LogP contribution in [0.3, 0.4) is 0 Å². The molecule has 1 atom stereocenters. The zero-order chi connectivity index (χ0) is 16.2. The van der Waals surface area contributed by atoms with E-state index in [2.05, 4.69) is 19.8 Å². The molecule has 124 valence electrons. The van der Waals surface area contributed by atoms with E-state index in [1.54, 1.807) is 12.5 Å². The zero-order valence-electron chi connectivity index (χ0n) is 13.8. The molecule has 0 bridgehead atoms. The van der Waals surface area contributed by atoms with Crippen LogP contribution in [0.4, 0.5) is 5.82 Å². The summed E-state index contributed by atoms with van der Waals surface area (Å²) < 4.78 is 5.47. The van der Waals surface area contributed by atoms with Crippen LogP contribution < -0.4 is 4.90 Å². The molecular weight excluding hydrogens is 292 g/mol. The Labute approximate surface area is 136 Å². The third-order valence-corrected chi connectivity index (χ3v) is 4.36. The Bertz CT molecular complexity index is 630. The van der Waals surface area contributed by atoms with Crippen molar-refractivity contribution in [1.29, 1.82) is 0 Å². The number of aromatic nitrogens is 2. The first-order valence-electron chi connectivity index (χ1n) is 8.10. The lowest BCUT2D eigenvalue weighted by Crippen LogP contribution is -2.53. The van der Waals surface area contributed by atoms with Gasteiger partial charge >= 0.3 is 0 Å². The molecule has 1 aliphatic rings. The van der Waals surface area contributed by atoms with Gasteiger partial charge in [0.25, 0.3) is 0 Å². The first-order valence-corrected chi connectivity index (χ1v) is 8.10. The zero-order valence-corrected chi connectivity index (χ0v) is 13.8. The molecule has 1 saturated heterocycles. The summed E-state index contributed by atoms with van der Waals surface area (Å²) in [7, 11) is 0. The second kappa shape index (κ2) is 7.10. The predicted molar refractivity (Wildman–Crippen MR) is 88.3 cm³/mol. The minimum Gasteiger partial charge on any atom is -0.468 e. The maximum Gasteiger partial charge on any atom is 0.150 e. The molecule has 0 saturated carbocycles. The Balaban J connectivity index is 1.74. The SMILES string of the molecule is Cc1cnc(C)c(N2CCN(Cc3ccco3)[C@H](CCO)C2)n1. The highest BCUT2D eigenvalue weighted by atomic mass is 16.3. The Hall–Kier alpha value is -1.92. The molecule has 23 heavy (non-hydrogen) atoms. The summed E-state index contributed by atoms with van der Waals surface area (Å²) in [6, 6.07) is 4.19. The van der Waals surface area contributed by atoms with E-state index in [9.17, 15) is 5.11 Å².